The average molecular weight is 469 g/mol. The van der Waals surface area contributed by atoms with Crippen molar-refractivity contribution >= 4 is 45.0 Å². The minimum Gasteiger partial charge on any atom is -0.379 e. The molecule has 162 valence electrons. The largest absolute Gasteiger partial charge is 0.379 e. The van der Waals surface area contributed by atoms with E-state index in [1.807, 2.05) is 38.1 Å². The van der Waals surface area contributed by atoms with Gasteiger partial charge in [-0.3, -0.25) is 4.79 Å². The molecule has 3 rings (SSSR count). The lowest BCUT2D eigenvalue weighted by atomic mass is 10.2. The molecular weight excluding hydrogens is 444 g/mol. The predicted molar refractivity (Wildman–Crippen MR) is 122 cm³/mol. The Bertz CT molecular complexity index is 960. The van der Waals surface area contributed by atoms with E-state index in [9.17, 15) is 13.2 Å². The number of nitrogens with one attached hydrogen (secondary N) is 1. The molecule has 30 heavy (non-hydrogen) atoms. The molecule has 9 heteroatoms. The molecule has 0 spiro atoms. The molecule has 2 aromatic carbocycles. The van der Waals surface area contributed by atoms with Gasteiger partial charge in [-0.1, -0.05) is 23.7 Å². The minimum atomic E-state index is -3.55. The lowest BCUT2D eigenvalue weighted by molar-refractivity contribution is -0.115. The number of ether oxygens (including phenoxy) is 1. The molecule has 1 fully saturated rings. The van der Waals surface area contributed by atoms with Crippen molar-refractivity contribution in [1.29, 1.82) is 0 Å². The predicted octanol–water partition coefficient (Wildman–Crippen LogP) is 4.18. The van der Waals surface area contributed by atoms with Gasteiger partial charge < -0.3 is 10.1 Å². The molecule has 1 saturated heterocycles. The molecule has 0 aliphatic carbocycles. The second kappa shape index (κ2) is 10.2. The maximum absolute atomic E-state index is 12.7. The quantitative estimate of drug-likeness (QED) is 0.659. The Hall–Kier alpha value is -1.58. The fraction of sp³-hybridized carbons (Fsp3) is 0.381. The number of anilines is 1. The van der Waals surface area contributed by atoms with Crippen LogP contribution in [0.1, 0.15) is 24.7 Å². The van der Waals surface area contributed by atoms with Crippen molar-refractivity contribution in [2.75, 3.05) is 31.6 Å². The maximum atomic E-state index is 12.7. The number of amides is 1. The number of benzene rings is 2. The summed E-state index contributed by atoms with van der Waals surface area (Å²) in [6.45, 7) is 5.39. The molecule has 0 radical (unpaired) electrons. The van der Waals surface area contributed by atoms with Gasteiger partial charge in [-0.05, 0) is 55.8 Å². The molecular formula is C21H25ClN2O4S2. The van der Waals surface area contributed by atoms with E-state index in [1.165, 1.54) is 16.4 Å². The van der Waals surface area contributed by atoms with Gasteiger partial charge in [-0.15, -0.1) is 11.8 Å². The van der Waals surface area contributed by atoms with Gasteiger partial charge in [0.1, 0.15) is 0 Å². The molecule has 1 N–H and O–H groups in total. The third kappa shape index (κ3) is 5.76. The maximum Gasteiger partial charge on any atom is 0.243 e. The smallest absolute Gasteiger partial charge is 0.243 e. The van der Waals surface area contributed by atoms with E-state index in [0.717, 1.165) is 5.56 Å². The molecule has 1 amide bonds. The summed E-state index contributed by atoms with van der Waals surface area (Å²) in [5, 5.41) is 3.38. The fourth-order valence-electron chi connectivity index (χ4n) is 3.07. The van der Waals surface area contributed by atoms with Crippen molar-refractivity contribution < 1.29 is 17.9 Å². The number of halogens is 1. The molecule has 2 aromatic rings. The first-order valence-corrected chi connectivity index (χ1v) is 12.4. The van der Waals surface area contributed by atoms with Crippen molar-refractivity contribution in [3.05, 3.63) is 59.1 Å². The Kier molecular flexibility index (Phi) is 7.81. The van der Waals surface area contributed by atoms with E-state index in [4.69, 9.17) is 16.3 Å². The number of sulfonamides is 1. The van der Waals surface area contributed by atoms with E-state index in [2.05, 4.69) is 5.32 Å². The highest BCUT2D eigenvalue weighted by Crippen LogP contribution is 2.32. The van der Waals surface area contributed by atoms with Gasteiger partial charge >= 0.3 is 0 Å². The van der Waals surface area contributed by atoms with Crippen LogP contribution in [0.25, 0.3) is 0 Å². The van der Waals surface area contributed by atoms with Crippen LogP contribution in [0, 0.1) is 0 Å². The Morgan fingerprint density at radius 3 is 2.27 bits per heavy atom. The molecule has 0 bridgehead atoms. The van der Waals surface area contributed by atoms with Crippen LogP contribution in [0.3, 0.4) is 0 Å². The van der Waals surface area contributed by atoms with E-state index < -0.39 is 10.0 Å². The van der Waals surface area contributed by atoms with Crippen LogP contribution >= 0.6 is 23.4 Å². The normalized spacial score (nSPS) is 17.3. The minimum absolute atomic E-state index is 0.129. The Morgan fingerprint density at radius 1 is 1.07 bits per heavy atom. The second-order valence-electron chi connectivity index (χ2n) is 7.00. The van der Waals surface area contributed by atoms with Gasteiger partial charge in [0.05, 0.1) is 23.4 Å². The first-order valence-electron chi connectivity index (χ1n) is 9.67. The molecule has 0 aromatic heterocycles. The fourth-order valence-corrected chi connectivity index (χ4v) is 5.71. The van der Waals surface area contributed by atoms with Gasteiger partial charge in [-0.2, -0.15) is 4.31 Å². The van der Waals surface area contributed by atoms with E-state index >= 15 is 0 Å². The van der Waals surface area contributed by atoms with Crippen molar-refractivity contribution in [3.8, 4) is 0 Å². The Morgan fingerprint density at radius 2 is 1.67 bits per heavy atom. The third-order valence-electron chi connectivity index (χ3n) is 4.85. The van der Waals surface area contributed by atoms with Crippen molar-refractivity contribution in [3.63, 3.8) is 0 Å². The van der Waals surface area contributed by atoms with E-state index in [0.29, 0.717) is 37.0 Å². The Balaban J connectivity index is 1.59. The number of thioether (sulfide) groups is 1. The molecule has 2 unspecified atom stereocenters. The summed E-state index contributed by atoms with van der Waals surface area (Å²) in [4.78, 5) is 12.8. The third-order valence-corrected chi connectivity index (χ3v) is 8.31. The number of hydrogen-bond donors (Lipinski definition) is 1. The second-order valence-corrected chi connectivity index (χ2v) is 11.1. The van der Waals surface area contributed by atoms with Gasteiger partial charge in [0.2, 0.25) is 15.9 Å². The first-order chi connectivity index (χ1) is 14.3. The van der Waals surface area contributed by atoms with Crippen LogP contribution in [0.4, 0.5) is 5.69 Å². The number of carbonyl (C=O) groups is 1. The van der Waals surface area contributed by atoms with Crippen LogP contribution in [0.5, 0.6) is 0 Å². The highest BCUT2D eigenvalue weighted by molar-refractivity contribution is 8.00. The van der Waals surface area contributed by atoms with Crippen molar-refractivity contribution in [1.82, 2.24) is 4.31 Å². The van der Waals surface area contributed by atoms with Gasteiger partial charge in [0.15, 0.2) is 0 Å². The van der Waals surface area contributed by atoms with Gasteiger partial charge in [0.25, 0.3) is 0 Å². The lowest BCUT2D eigenvalue weighted by Crippen LogP contribution is -2.40. The van der Waals surface area contributed by atoms with Crippen LogP contribution in [0.2, 0.25) is 5.02 Å². The van der Waals surface area contributed by atoms with Crippen LogP contribution in [-0.2, 0) is 19.6 Å². The summed E-state index contributed by atoms with van der Waals surface area (Å²) < 4.78 is 32.0. The van der Waals surface area contributed by atoms with Crippen molar-refractivity contribution in [2.45, 2.75) is 29.2 Å². The summed E-state index contributed by atoms with van der Waals surface area (Å²) in [6, 6.07) is 13.9. The lowest BCUT2D eigenvalue weighted by Gasteiger charge is -2.26. The summed E-state index contributed by atoms with van der Waals surface area (Å²) in [5.74, 6) is -0.135. The number of rotatable bonds is 7. The molecule has 1 heterocycles. The summed E-state index contributed by atoms with van der Waals surface area (Å²) in [7, 11) is -3.55. The first kappa shape index (κ1) is 23.1. The molecule has 6 nitrogen and oxygen atoms in total. The number of morpholine rings is 1. The zero-order valence-electron chi connectivity index (χ0n) is 16.9. The SMILES string of the molecule is CC(SC(C)c1ccc(Cl)cc1)C(=O)Nc1ccc(S(=O)(=O)N2CCOCC2)cc1. The van der Waals surface area contributed by atoms with Crippen LogP contribution in [-0.4, -0.2) is 50.2 Å². The van der Waals surface area contributed by atoms with Crippen LogP contribution in [0.15, 0.2) is 53.4 Å². The highest BCUT2D eigenvalue weighted by atomic mass is 35.5. The number of carbonyl (C=O) groups excluding carboxylic acids is 1. The molecule has 1 aliphatic heterocycles. The van der Waals surface area contributed by atoms with E-state index in [1.54, 1.807) is 23.9 Å². The summed E-state index contributed by atoms with van der Waals surface area (Å²) in [5.41, 5.74) is 1.66. The molecule has 0 saturated carbocycles. The van der Waals surface area contributed by atoms with Crippen LogP contribution < -0.4 is 5.32 Å². The van der Waals surface area contributed by atoms with Gasteiger partial charge in [-0.25, -0.2) is 8.42 Å². The highest BCUT2D eigenvalue weighted by Gasteiger charge is 2.26. The van der Waals surface area contributed by atoms with Gasteiger partial charge in [0, 0.05) is 29.0 Å². The standard InChI is InChI=1S/C21H25ClN2O4S2/c1-15(17-3-5-18(22)6-4-17)29-16(2)21(25)23-19-7-9-20(10-8-19)30(26,27)24-11-13-28-14-12-24/h3-10,15-16H,11-14H2,1-2H3,(H,23,25). The summed E-state index contributed by atoms with van der Waals surface area (Å²) in [6.07, 6.45) is 0. The zero-order chi connectivity index (χ0) is 21.7. The number of nitrogens with zero attached hydrogens (tertiary/aromatic N) is 1. The van der Waals surface area contributed by atoms with E-state index in [-0.39, 0.29) is 21.3 Å². The monoisotopic (exact) mass is 468 g/mol. The zero-order valence-corrected chi connectivity index (χ0v) is 19.3. The number of hydrogen-bond acceptors (Lipinski definition) is 5. The average Bonchev–Trinajstić information content (AvgIpc) is 2.75. The molecule has 1 aliphatic rings. The Labute approximate surface area is 187 Å². The van der Waals surface area contributed by atoms with Crippen molar-refractivity contribution in [2.24, 2.45) is 0 Å². The summed E-state index contributed by atoms with van der Waals surface area (Å²) >= 11 is 7.47. The topological polar surface area (TPSA) is 75.7 Å². The molecule has 2 atom stereocenters.